The van der Waals surface area contributed by atoms with Crippen LogP contribution in [0.2, 0.25) is 0 Å². The number of benzene rings is 2. The minimum atomic E-state index is -0.117. The summed E-state index contributed by atoms with van der Waals surface area (Å²) in [5, 5.41) is 13.8. The zero-order valence-corrected chi connectivity index (χ0v) is 23.2. The second kappa shape index (κ2) is 10.8. The Hall–Kier alpha value is -0.980. The molecule has 1 amide bonds. The van der Waals surface area contributed by atoms with Crippen LogP contribution >= 0.6 is 43.6 Å². The van der Waals surface area contributed by atoms with Crippen molar-refractivity contribution in [3.8, 4) is 5.75 Å². The third kappa shape index (κ3) is 8.14. The van der Waals surface area contributed by atoms with Crippen LogP contribution in [-0.2, 0) is 22.0 Å². The van der Waals surface area contributed by atoms with Crippen LogP contribution in [0, 0.1) is 0 Å². The molecule has 2 N–H and O–H groups in total. The van der Waals surface area contributed by atoms with Gasteiger partial charge in [0.05, 0.1) is 5.75 Å². The number of nitrogens with one attached hydrogen (secondary N) is 1. The first-order valence-electron chi connectivity index (χ1n) is 10.5. The number of phenols is 1. The van der Waals surface area contributed by atoms with Gasteiger partial charge in [-0.25, -0.2) is 0 Å². The van der Waals surface area contributed by atoms with Gasteiger partial charge in [-0.15, -0.1) is 0 Å². The highest BCUT2D eigenvalue weighted by Gasteiger charge is 2.26. The Morgan fingerprint density at radius 3 is 1.94 bits per heavy atom. The van der Waals surface area contributed by atoms with Crippen molar-refractivity contribution in [2.24, 2.45) is 0 Å². The Balaban J connectivity index is 1.92. The summed E-state index contributed by atoms with van der Waals surface area (Å²) >= 11 is 8.52. The number of hydrogen-bond acceptors (Lipinski definition) is 3. The maximum Gasteiger partial charge on any atom is 0.234 e. The number of anilines is 1. The highest BCUT2D eigenvalue weighted by Crippen LogP contribution is 2.40. The van der Waals surface area contributed by atoms with E-state index in [2.05, 4.69) is 90.9 Å². The molecular formula is C25H33Br2NO2S. The molecule has 0 aliphatic rings. The molecule has 170 valence electrons. The molecule has 0 aliphatic heterocycles. The average Bonchev–Trinajstić information content (AvgIpc) is 2.59. The number of rotatable bonds is 7. The van der Waals surface area contributed by atoms with E-state index in [1.54, 1.807) is 11.8 Å². The van der Waals surface area contributed by atoms with Crippen LogP contribution in [-0.4, -0.2) is 22.5 Å². The molecule has 0 aliphatic carbocycles. The number of phenolic OH excluding ortho intramolecular Hbond substituents is 1. The molecule has 0 unspecified atom stereocenters. The Morgan fingerprint density at radius 1 is 0.935 bits per heavy atom. The van der Waals surface area contributed by atoms with E-state index in [1.165, 1.54) is 5.56 Å². The monoisotopic (exact) mass is 569 g/mol. The molecule has 2 aromatic carbocycles. The van der Waals surface area contributed by atoms with Gasteiger partial charge < -0.3 is 10.4 Å². The lowest BCUT2D eigenvalue weighted by atomic mass is 9.78. The van der Waals surface area contributed by atoms with Crippen LogP contribution in [0.5, 0.6) is 5.75 Å². The van der Waals surface area contributed by atoms with Gasteiger partial charge >= 0.3 is 0 Å². The molecule has 0 saturated heterocycles. The lowest BCUT2D eigenvalue weighted by Crippen LogP contribution is -2.18. The first kappa shape index (κ1) is 26.3. The van der Waals surface area contributed by atoms with Crippen LogP contribution in [0.3, 0.4) is 0 Å². The number of halogens is 2. The Kier molecular flexibility index (Phi) is 9.12. The van der Waals surface area contributed by atoms with Crippen LogP contribution in [0.1, 0.15) is 64.7 Å². The summed E-state index contributed by atoms with van der Waals surface area (Å²) in [6.07, 6.45) is 1.91. The third-order valence-electron chi connectivity index (χ3n) is 4.92. The summed E-state index contributed by atoms with van der Waals surface area (Å²) in [5.41, 5.74) is 3.80. The van der Waals surface area contributed by atoms with E-state index in [0.717, 1.165) is 44.4 Å². The van der Waals surface area contributed by atoms with Gasteiger partial charge in [0.1, 0.15) is 5.75 Å². The minimum absolute atomic E-state index is 0.00433. The molecule has 0 heterocycles. The maximum atomic E-state index is 12.2. The predicted molar refractivity (Wildman–Crippen MR) is 142 cm³/mol. The normalized spacial score (nSPS) is 12.1. The molecule has 31 heavy (non-hydrogen) atoms. The third-order valence-corrected chi connectivity index (χ3v) is 6.88. The second-order valence-corrected chi connectivity index (χ2v) is 12.8. The van der Waals surface area contributed by atoms with Crippen LogP contribution in [0.25, 0.3) is 0 Å². The number of amides is 1. The zero-order chi connectivity index (χ0) is 23.4. The summed E-state index contributed by atoms with van der Waals surface area (Å²) in [6.45, 7) is 12.8. The van der Waals surface area contributed by atoms with E-state index in [1.807, 2.05) is 18.2 Å². The molecular weight excluding hydrogens is 538 g/mol. The second-order valence-electron chi connectivity index (χ2n) is 9.90. The first-order valence-corrected chi connectivity index (χ1v) is 13.2. The largest absolute Gasteiger partial charge is 0.507 e. The summed E-state index contributed by atoms with van der Waals surface area (Å²) in [5.74, 6) is 1.77. The molecule has 2 rings (SSSR count). The van der Waals surface area contributed by atoms with Gasteiger partial charge in [0.2, 0.25) is 5.91 Å². The van der Waals surface area contributed by atoms with Crippen LogP contribution in [0.4, 0.5) is 5.69 Å². The smallest absolute Gasteiger partial charge is 0.234 e. The molecule has 0 radical (unpaired) electrons. The van der Waals surface area contributed by atoms with Crippen molar-refractivity contribution in [3.63, 3.8) is 0 Å². The van der Waals surface area contributed by atoms with E-state index < -0.39 is 0 Å². The summed E-state index contributed by atoms with van der Waals surface area (Å²) < 4.78 is 1.84. The number of carbonyl (C=O) groups excluding carboxylic acids is 1. The Morgan fingerprint density at radius 2 is 1.45 bits per heavy atom. The standard InChI is InChI=1S/C25H33Br2NO2S/c1-24(2,3)20-10-16(11-21(23(20)30)25(4,5)6)8-7-9-31-15-22(29)28-19-13-17(26)12-18(27)14-19/h10-14,30H,7-9,15H2,1-6H3,(H,28,29). The fraction of sp³-hybridized carbons (Fsp3) is 0.480. The molecule has 0 saturated carbocycles. The molecule has 0 bridgehead atoms. The Labute approximate surface area is 208 Å². The summed E-state index contributed by atoms with van der Waals surface area (Å²) in [4.78, 5) is 12.2. The number of aromatic hydroxyl groups is 1. The predicted octanol–water partition coefficient (Wildman–Crippen LogP) is 7.82. The topological polar surface area (TPSA) is 49.3 Å². The van der Waals surface area contributed by atoms with Gasteiger partial charge in [0.15, 0.2) is 0 Å². The number of hydrogen-bond donors (Lipinski definition) is 2. The molecule has 2 aromatic rings. The van der Waals surface area contributed by atoms with E-state index in [4.69, 9.17) is 0 Å². The van der Waals surface area contributed by atoms with E-state index in [0.29, 0.717) is 11.5 Å². The Bertz CT molecular complexity index is 875. The van der Waals surface area contributed by atoms with Crippen LogP contribution < -0.4 is 5.32 Å². The summed E-state index contributed by atoms with van der Waals surface area (Å²) in [6, 6.07) is 10.00. The van der Waals surface area contributed by atoms with Crippen LogP contribution in [0.15, 0.2) is 39.3 Å². The summed E-state index contributed by atoms with van der Waals surface area (Å²) in [7, 11) is 0. The van der Waals surface area contributed by atoms with Crippen molar-refractivity contribution >= 4 is 55.2 Å². The van der Waals surface area contributed by atoms with Crippen molar-refractivity contribution in [2.75, 3.05) is 16.8 Å². The number of thioether (sulfide) groups is 1. The highest BCUT2D eigenvalue weighted by molar-refractivity contribution is 9.11. The highest BCUT2D eigenvalue weighted by atomic mass is 79.9. The number of carbonyl (C=O) groups is 1. The van der Waals surface area contributed by atoms with Gasteiger partial charge in [-0.3, -0.25) is 4.79 Å². The van der Waals surface area contributed by atoms with Crippen molar-refractivity contribution in [1.29, 1.82) is 0 Å². The molecule has 0 spiro atoms. The fourth-order valence-corrected chi connectivity index (χ4v) is 5.39. The van der Waals surface area contributed by atoms with Crippen molar-refractivity contribution in [2.45, 2.75) is 65.2 Å². The van der Waals surface area contributed by atoms with Crippen molar-refractivity contribution in [1.82, 2.24) is 0 Å². The van der Waals surface area contributed by atoms with Gasteiger partial charge in [-0.2, -0.15) is 11.8 Å². The SMILES string of the molecule is CC(C)(C)c1cc(CCCSCC(=O)Nc2cc(Br)cc(Br)c2)cc(C(C)(C)C)c1O. The quantitative estimate of drug-likeness (QED) is 0.334. The molecule has 6 heteroatoms. The van der Waals surface area contributed by atoms with Gasteiger partial charge in [-0.05, 0) is 64.3 Å². The molecule has 0 aromatic heterocycles. The van der Waals surface area contributed by atoms with Gasteiger partial charge in [0, 0.05) is 14.6 Å². The molecule has 0 fully saturated rings. The maximum absolute atomic E-state index is 12.2. The number of aryl methyl sites for hydroxylation is 1. The fourth-order valence-electron chi connectivity index (χ4n) is 3.35. The molecule has 3 nitrogen and oxygen atoms in total. The average molecular weight is 571 g/mol. The molecule has 0 atom stereocenters. The van der Waals surface area contributed by atoms with Crippen molar-refractivity contribution < 1.29 is 9.90 Å². The lowest BCUT2D eigenvalue weighted by molar-refractivity contribution is -0.113. The van der Waals surface area contributed by atoms with Gasteiger partial charge in [0.25, 0.3) is 0 Å². The lowest BCUT2D eigenvalue weighted by Gasteiger charge is -2.28. The first-order chi connectivity index (χ1) is 14.3. The van der Waals surface area contributed by atoms with Gasteiger partial charge in [-0.1, -0.05) is 85.5 Å². The van der Waals surface area contributed by atoms with E-state index >= 15 is 0 Å². The minimum Gasteiger partial charge on any atom is -0.507 e. The van der Waals surface area contributed by atoms with Crippen molar-refractivity contribution in [3.05, 3.63) is 56.0 Å². The zero-order valence-electron chi connectivity index (χ0n) is 19.2. The van der Waals surface area contributed by atoms with E-state index in [-0.39, 0.29) is 16.7 Å². The van der Waals surface area contributed by atoms with E-state index in [9.17, 15) is 9.90 Å².